The van der Waals surface area contributed by atoms with Gasteiger partial charge < -0.3 is 4.57 Å². The van der Waals surface area contributed by atoms with Crippen LogP contribution in [0.2, 0.25) is 6.04 Å². The molecule has 3 heteroatoms. The predicted octanol–water partition coefficient (Wildman–Crippen LogP) is 6.14. The third-order valence-corrected chi connectivity index (χ3v) is 7.63. The number of nitrogens with zero attached hydrogens (tertiary/aromatic N) is 1. The maximum Gasteiger partial charge on any atom is 0.0965 e. The van der Waals surface area contributed by atoms with Crippen LogP contribution in [0.3, 0.4) is 0 Å². The lowest BCUT2D eigenvalue weighted by atomic mass is 10.1. The molecule has 0 rings (SSSR count). The van der Waals surface area contributed by atoms with Crippen molar-refractivity contribution in [2.75, 3.05) is 12.4 Å². The molecule has 0 saturated carbocycles. The molecule has 0 heterocycles. The molecule has 0 aromatic heterocycles. The Morgan fingerprint density at radius 2 is 1.36 bits per heavy atom. The van der Waals surface area contributed by atoms with Gasteiger partial charge in [0.25, 0.3) is 0 Å². The van der Waals surface area contributed by atoms with Gasteiger partial charge in [-0.2, -0.15) is 0 Å². The number of hydrogen-bond acceptors (Lipinski definition) is 1. The summed E-state index contributed by atoms with van der Waals surface area (Å²) in [6.45, 7) is 8.38. The standard InChI is InChI=1S/C19H42ClNSi/c1-4-6-8-10-12-14-17-21(22-18-16-20)19(3)15-13-11-9-7-5-2/h19H,4-18,22H2,1-3H3. The van der Waals surface area contributed by atoms with Gasteiger partial charge in [-0.05, 0) is 31.5 Å². The van der Waals surface area contributed by atoms with E-state index < -0.39 is 0 Å². The molecule has 0 aliphatic carbocycles. The molecule has 0 spiro atoms. The molecular formula is C19H42ClNSi. The summed E-state index contributed by atoms with van der Waals surface area (Å²) in [5.41, 5.74) is 0. The molecule has 0 aromatic rings. The summed E-state index contributed by atoms with van der Waals surface area (Å²) in [4.78, 5) is 0. The Labute approximate surface area is 148 Å². The number of rotatable bonds is 17. The summed E-state index contributed by atoms with van der Waals surface area (Å²) in [6, 6.07) is 2.07. The maximum atomic E-state index is 5.94. The molecule has 0 amide bonds. The molecule has 0 bridgehead atoms. The van der Waals surface area contributed by atoms with E-state index in [1.165, 1.54) is 89.6 Å². The average molecular weight is 348 g/mol. The first kappa shape index (κ1) is 22.5. The van der Waals surface area contributed by atoms with Crippen molar-refractivity contribution in [1.82, 2.24) is 4.57 Å². The molecule has 22 heavy (non-hydrogen) atoms. The summed E-state index contributed by atoms with van der Waals surface area (Å²) in [7, 11) is -0.109. The first-order chi connectivity index (χ1) is 10.8. The Kier molecular flexibility index (Phi) is 18.2. The van der Waals surface area contributed by atoms with Crippen LogP contribution in [0, 0.1) is 0 Å². The topological polar surface area (TPSA) is 3.24 Å². The molecule has 0 aliphatic rings. The van der Waals surface area contributed by atoms with Crippen LogP contribution in [0.25, 0.3) is 0 Å². The smallest absolute Gasteiger partial charge is 0.0965 e. The average Bonchev–Trinajstić information content (AvgIpc) is 2.53. The summed E-state index contributed by atoms with van der Waals surface area (Å²) >= 11 is 5.94. The summed E-state index contributed by atoms with van der Waals surface area (Å²) < 4.78 is 2.84. The van der Waals surface area contributed by atoms with E-state index in [1.54, 1.807) is 0 Å². The highest BCUT2D eigenvalue weighted by Crippen LogP contribution is 2.13. The molecular weight excluding hydrogens is 306 g/mol. The number of alkyl halides is 1. The second-order valence-electron chi connectivity index (χ2n) is 6.90. The van der Waals surface area contributed by atoms with Crippen molar-refractivity contribution in [3.63, 3.8) is 0 Å². The molecule has 0 fully saturated rings. The summed E-state index contributed by atoms with van der Waals surface area (Å²) in [6.07, 6.45) is 16.9. The van der Waals surface area contributed by atoms with E-state index in [-0.39, 0.29) is 9.68 Å². The van der Waals surface area contributed by atoms with E-state index in [0.717, 1.165) is 11.9 Å². The Balaban J connectivity index is 3.82. The van der Waals surface area contributed by atoms with Crippen LogP contribution in [-0.4, -0.2) is 32.7 Å². The zero-order valence-corrected chi connectivity index (χ0v) is 17.9. The fourth-order valence-electron chi connectivity index (χ4n) is 3.14. The van der Waals surface area contributed by atoms with E-state index >= 15 is 0 Å². The van der Waals surface area contributed by atoms with Gasteiger partial charge in [0, 0.05) is 5.88 Å². The third-order valence-electron chi connectivity index (χ3n) is 4.73. The lowest BCUT2D eigenvalue weighted by Crippen LogP contribution is -2.37. The van der Waals surface area contributed by atoms with Crippen molar-refractivity contribution in [3.8, 4) is 0 Å². The van der Waals surface area contributed by atoms with Crippen LogP contribution in [0.5, 0.6) is 0 Å². The van der Waals surface area contributed by atoms with Crippen LogP contribution in [0.15, 0.2) is 0 Å². The van der Waals surface area contributed by atoms with Crippen molar-refractivity contribution in [3.05, 3.63) is 0 Å². The van der Waals surface area contributed by atoms with Crippen LogP contribution in [0.1, 0.15) is 97.8 Å². The molecule has 1 unspecified atom stereocenters. The van der Waals surface area contributed by atoms with Gasteiger partial charge in [0.1, 0.15) is 0 Å². The van der Waals surface area contributed by atoms with Crippen LogP contribution >= 0.6 is 11.6 Å². The van der Waals surface area contributed by atoms with Crippen LogP contribution in [-0.2, 0) is 0 Å². The quantitative estimate of drug-likeness (QED) is 0.173. The lowest BCUT2D eigenvalue weighted by Gasteiger charge is -2.29. The highest BCUT2D eigenvalue weighted by molar-refractivity contribution is 6.35. The second kappa shape index (κ2) is 17.8. The van der Waals surface area contributed by atoms with Gasteiger partial charge in [0.2, 0.25) is 0 Å². The van der Waals surface area contributed by atoms with Gasteiger partial charge in [-0.3, -0.25) is 0 Å². The van der Waals surface area contributed by atoms with Gasteiger partial charge in [-0.1, -0.05) is 85.0 Å². The van der Waals surface area contributed by atoms with Gasteiger partial charge in [0.15, 0.2) is 0 Å². The minimum atomic E-state index is -0.109. The molecule has 0 aromatic carbocycles. The Morgan fingerprint density at radius 1 is 0.818 bits per heavy atom. The van der Waals surface area contributed by atoms with E-state index in [9.17, 15) is 0 Å². The van der Waals surface area contributed by atoms with Gasteiger partial charge >= 0.3 is 0 Å². The minimum Gasteiger partial charge on any atom is -0.327 e. The molecule has 134 valence electrons. The monoisotopic (exact) mass is 347 g/mol. The van der Waals surface area contributed by atoms with Crippen molar-refractivity contribution in [1.29, 1.82) is 0 Å². The lowest BCUT2D eigenvalue weighted by molar-refractivity contribution is 0.315. The molecule has 0 radical (unpaired) electrons. The SMILES string of the molecule is CCCCCCCCN([SiH2]CCCl)C(C)CCCCCCC. The zero-order chi connectivity index (χ0) is 16.5. The van der Waals surface area contributed by atoms with E-state index in [0.29, 0.717) is 0 Å². The Bertz CT molecular complexity index is 214. The summed E-state index contributed by atoms with van der Waals surface area (Å²) in [5, 5.41) is 0. The number of unbranched alkanes of at least 4 members (excludes halogenated alkanes) is 9. The van der Waals surface area contributed by atoms with E-state index in [4.69, 9.17) is 11.6 Å². The fraction of sp³-hybridized carbons (Fsp3) is 1.00. The highest BCUT2D eigenvalue weighted by Gasteiger charge is 2.12. The second-order valence-corrected chi connectivity index (χ2v) is 9.24. The normalized spacial score (nSPS) is 13.5. The van der Waals surface area contributed by atoms with Gasteiger partial charge in [0.05, 0.1) is 9.68 Å². The Morgan fingerprint density at radius 3 is 1.95 bits per heavy atom. The first-order valence-electron chi connectivity index (χ1n) is 10.1. The van der Waals surface area contributed by atoms with Crippen molar-refractivity contribution in [2.24, 2.45) is 0 Å². The molecule has 0 saturated heterocycles. The predicted molar refractivity (Wildman–Crippen MR) is 107 cm³/mol. The molecule has 0 aliphatic heterocycles. The number of hydrogen-bond donors (Lipinski definition) is 0. The molecule has 1 nitrogen and oxygen atoms in total. The molecule has 0 N–H and O–H groups in total. The third kappa shape index (κ3) is 14.1. The van der Waals surface area contributed by atoms with E-state index in [1.807, 2.05) is 0 Å². The largest absolute Gasteiger partial charge is 0.327 e. The van der Waals surface area contributed by atoms with Crippen molar-refractivity contribution in [2.45, 2.75) is 110 Å². The minimum absolute atomic E-state index is 0.109. The number of halogens is 1. The van der Waals surface area contributed by atoms with Gasteiger partial charge in [-0.25, -0.2) is 0 Å². The zero-order valence-electron chi connectivity index (χ0n) is 15.7. The van der Waals surface area contributed by atoms with Crippen molar-refractivity contribution >= 4 is 21.3 Å². The Hall–Kier alpha value is 0.467. The van der Waals surface area contributed by atoms with E-state index in [2.05, 4.69) is 25.3 Å². The molecule has 1 atom stereocenters. The van der Waals surface area contributed by atoms with Crippen LogP contribution < -0.4 is 0 Å². The fourth-order valence-corrected chi connectivity index (χ4v) is 5.09. The maximum absolute atomic E-state index is 5.94. The van der Waals surface area contributed by atoms with Crippen LogP contribution in [0.4, 0.5) is 0 Å². The highest BCUT2D eigenvalue weighted by atomic mass is 35.5. The van der Waals surface area contributed by atoms with Crippen molar-refractivity contribution < 1.29 is 0 Å². The first-order valence-corrected chi connectivity index (χ1v) is 12.2. The summed E-state index contributed by atoms with van der Waals surface area (Å²) in [5.74, 6) is 0.864. The van der Waals surface area contributed by atoms with Gasteiger partial charge in [-0.15, -0.1) is 11.6 Å².